The van der Waals surface area contributed by atoms with Gasteiger partial charge in [0.2, 0.25) is 6.41 Å². The average molecular weight is 467 g/mol. The smallest absolute Gasteiger partial charge is 0.420 e. The zero-order chi connectivity index (χ0) is 21.8. The van der Waals surface area contributed by atoms with Crippen LogP contribution < -0.4 is 0 Å². The maximum atomic E-state index is 14.0. The largest absolute Gasteiger partial charge is 0.472 e. The van der Waals surface area contributed by atoms with E-state index in [9.17, 15) is 18.0 Å². The van der Waals surface area contributed by atoms with Gasteiger partial charge in [0.15, 0.2) is 5.65 Å². The molecular weight excluding hydrogens is 453 g/mol. The van der Waals surface area contributed by atoms with E-state index in [0.29, 0.717) is 29.1 Å². The van der Waals surface area contributed by atoms with Crippen LogP contribution in [-0.2, 0) is 16.4 Å². The second kappa shape index (κ2) is 7.10. The van der Waals surface area contributed by atoms with Gasteiger partial charge in [0.05, 0.1) is 29.2 Å². The number of carbonyl (C=O) groups is 1. The predicted molar refractivity (Wildman–Crippen MR) is 108 cm³/mol. The van der Waals surface area contributed by atoms with E-state index in [0.717, 1.165) is 12.5 Å². The van der Waals surface area contributed by atoms with E-state index in [4.69, 9.17) is 16.0 Å². The van der Waals surface area contributed by atoms with Crippen LogP contribution in [0.5, 0.6) is 0 Å². The van der Waals surface area contributed by atoms with Crippen LogP contribution in [0.1, 0.15) is 22.7 Å². The van der Waals surface area contributed by atoms with E-state index in [1.54, 1.807) is 22.5 Å². The topological polar surface area (TPSA) is 63.6 Å². The Morgan fingerprint density at radius 1 is 1.32 bits per heavy atom. The minimum absolute atomic E-state index is 0.0637. The number of pyridine rings is 1. The molecule has 4 aromatic rings. The molecule has 5 heterocycles. The molecule has 160 valence electrons. The van der Waals surface area contributed by atoms with Gasteiger partial charge in [-0.1, -0.05) is 11.6 Å². The van der Waals surface area contributed by atoms with Gasteiger partial charge in [-0.25, -0.2) is 9.97 Å². The molecule has 1 aliphatic rings. The van der Waals surface area contributed by atoms with Crippen LogP contribution in [0.4, 0.5) is 13.2 Å². The van der Waals surface area contributed by atoms with Crippen LogP contribution in [0, 0.1) is 0 Å². The number of amides is 1. The van der Waals surface area contributed by atoms with Crippen molar-refractivity contribution < 1.29 is 22.4 Å². The first-order valence-corrected chi connectivity index (χ1v) is 10.5. The third kappa shape index (κ3) is 3.12. The van der Waals surface area contributed by atoms with Crippen LogP contribution in [0.25, 0.3) is 16.8 Å². The Labute approximate surface area is 182 Å². The maximum absolute atomic E-state index is 14.0. The molecule has 0 aromatic carbocycles. The summed E-state index contributed by atoms with van der Waals surface area (Å²) in [6.07, 6.45) is 2.41. The standard InChI is InChI=1S/C20H14ClF3N4O2S/c21-16-15(19(18-25-3-6-31-18)2-4-27(10-19)11-29)26-17-14(20(22,23)24)7-13(8-28(16)17)12-1-5-30-9-12/h1,3,5-9,11H,2,4,10H2. The molecule has 6 nitrogen and oxygen atoms in total. The van der Waals surface area contributed by atoms with Crippen LogP contribution >= 0.6 is 22.9 Å². The summed E-state index contributed by atoms with van der Waals surface area (Å²) in [5.74, 6) is 0. The molecule has 5 rings (SSSR count). The highest BCUT2D eigenvalue weighted by molar-refractivity contribution is 7.09. The molecule has 0 aliphatic carbocycles. The number of thiazole rings is 1. The molecular formula is C20H14ClF3N4O2S. The number of rotatable bonds is 4. The predicted octanol–water partition coefficient (Wildman–Crippen LogP) is 4.87. The van der Waals surface area contributed by atoms with Gasteiger partial charge < -0.3 is 9.32 Å². The Bertz CT molecular complexity index is 1250. The number of alkyl halides is 3. The van der Waals surface area contributed by atoms with Crippen LogP contribution in [-0.4, -0.2) is 38.8 Å². The average Bonchev–Trinajstić information content (AvgIpc) is 3.52. The van der Waals surface area contributed by atoms with Crippen LogP contribution in [0.3, 0.4) is 0 Å². The molecule has 4 aromatic heterocycles. The lowest BCUT2D eigenvalue weighted by Crippen LogP contribution is -2.32. The third-order valence-corrected chi connectivity index (χ3v) is 6.90. The molecule has 1 atom stereocenters. The molecule has 1 amide bonds. The number of aromatic nitrogens is 3. The highest BCUT2D eigenvalue weighted by Crippen LogP contribution is 2.45. The van der Waals surface area contributed by atoms with Crippen molar-refractivity contribution in [2.75, 3.05) is 13.1 Å². The number of hydrogen-bond acceptors (Lipinski definition) is 5. The van der Waals surface area contributed by atoms with Gasteiger partial charge in [-0.2, -0.15) is 13.2 Å². The highest BCUT2D eigenvalue weighted by Gasteiger charge is 2.47. The van der Waals surface area contributed by atoms with Crippen molar-refractivity contribution in [2.45, 2.75) is 18.0 Å². The first-order chi connectivity index (χ1) is 14.8. The Kier molecular flexibility index (Phi) is 4.60. The normalized spacial score (nSPS) is 19.4. The minimum Gasteiger partial charge on any atom is -0.472 e. The molecule has 0 bridgehead atoms. The van der Waals surface area contributed by atoms with Gasteiger partial charge in [-0.3, -0.25) is 9.20 Å². The second-order valence-electron chi connectivity index (χ2n) is 7.34. The number of carbonyl (C=O) groups excluding carboxylic acids is 1. The lowest BCUT2D eigenvalue weighted by Gasteiger charge is -2.24. The lowest BCUT2D eigenvalue weighted by atomic mass is 9.84. The third-order valence-electron chi connectivity index (χ3n) is 5.56. The van der Waals surface area contributed by atoms with Crippen molar-refractivity contribution >= 4 is 35.0 Å². The Hall–Kier alpha value is -2.85. The van der Waals surface area contributed by atoms with E-state index in [2.05, 4.69) is 9.97 Å². The number of imidazole rings is 1. The van der Waals surface area contributed by atoms with Crippen molar-refractivity contribution in [3.63, 3.8) is 0 Å². The summed E-state index contributed by atoms with van der Waals surface area (Å²) in [6, 6.07) is 2.61. The molecule has 1 saturated heterocycles. The quantitative estimate of drug-likeness (QED) is 0.402. The Morgan fingerprint density at radius 2 is 2.16 bits per heavy atom. The van der Waals surface area contributed by atoms with Crippen molar-refractivity contribution in [3.05, 3.63) is 63.9 Å². The number of halogens is 4. The van der Waals surface area contributed by atoms with Crippen LogP contribution in [0.2, 0.25) is 5.15 Å². The first-order valence-electron chi connectivity index (χ1n) is 9.25. The molecule has 0 spiro atoms. The van der Waals surface area contributed by atoms with E-state index in [-0.39, 0.29) is 23.0 Å². The molecule has 0 N–H and O–H groups in total. The van der Waals surface area contributed by atoms with Gasteiger partial charge in [0.1, 0.15) is 10.2 Å². The number of furan rings is 1. The zero-order valence-electron chi connectivity index (χ0n) is 15.8. The maximum Gasteiger partial charge on any atom is 0.420 e. The summed E-state index contributed by atoms with van der Waals surface area (Å²) >= 11 is 8.03. The molecule has 1 aliphatic heterocycles. The van der Waals surface area contributed by atoms with E-state index >= 15 is 0 Å². The molecule has 1 unspecified atom stereocenters. The van der Waals surface area contributed by atoms with E-state index < -0.39 is 17.2 Å². The van der Waals surface area contributed by atoms with Crippen molar-refractivity contribution in [1.82, 2.24) is 19.3 Å². The summed E-state index contributed by atoms with van der Waals surface area (Å²) < 4.78 is 48.2. The minimum atomic E-state index is -4.65. The van der Waals surface area contributed by atoms with Crippen LogP contribution in [0.15, 0.2) is 46.8 Å². The Balaban J connectivity index is 1.79. The van der Waals surface area contributed by atoms with Gasteiger partial charge in [0.25, 0.3) is 0 Å². The first kappa shape index (κ1) is 20.1. The summed E-state index contributed by atoms with van der Waals surface area (Å²) in [4.78, 5) is 21.7. The fourth-order valence-electron chi connectivity index (χ4n) is 4.08. The number of nitrogens with zero attached hydrogens (tertiary/aromatic N) is 4. The fourth-order valence-corrected chi connectivity index (χ4v) is 5.29. The van der Waals surface area contributed by atoms with E-state index in [1.165, 1.54) is 34.5 Å². The summed E-state index contributed by atoms with van der Waals surface area (Å²) in [6.45, 7) is 0.670. The fraction of sp³-hybridized carbons (Fsp3) is 0.250. The monoisotopic (exact) mass is 466 g/mol. The van der Waals surface area contributed by atoms with Gasteiger partial charge in [-0.05, 0) is 18.6 Å². The zero-order valence-corrected chi connectivity index (χ0v) is 17.3. The molecule has 31 heavy (non-hydrogen) atoms. The van der Waals surface area contributed by atoms with Crippen molar-refractivity contribution in [3.8, 4) is 11.1 Å². The second-order valence-corrected chi connectivity index (χ2v) is 8.59. The van der Waals surface area contributed by atoms with Crippen molar-refractivity contribution in [1.29, 1.82) is 0 Å². The lowest BCUT2D eigenvalue weighted by molar-refractivity contribution is -0.136. The Morgan fingerprint density at radius 3 is 2.77 bits per heavy atom. The molecule has 1 fully saturated rings. The highest BCUT2D eigenvalue weighted by atomic mass is 35.5. The van der Waals surface area contributed by atoms with Gasteiger partial charge >= 0.3 is 6.18 Å². The summed E-state index contributed by atoms with van der Waals surface area (Å²) in [5, 5.41) is 2.50. The molecule has 0 radical (unpaired) electrons. The summed E-state index contributed by atoms with van der Waals surface area (Å²) in [7, 11) is 0. The number of likely N-dealkylation sites (tertiary alicyclic amines) is 1. The van der Waals surface area contributed by atoms with Crippen molar-refractivity contribution in [2.24, 2.45) is 0 Å². The SMILES string of the molecule is O=CN1CCC(c2nccs2)(c2nc3c(C(F)(F)F)cc(-c4ccoc4)cn3c2Cl)C1. The number of hydrogen-bond donors (Lipinski definition) is 0. The molecule has 11 heteroatoms. The summed E-state index contributed by atoms with van der Waals surface area (Å²) in [5.41, 5.74) is -1.01. The van der Waals surface area contributed by atoms with Gasteiger partial charge in [-0.15, -0.1) is 11.3 Å². The van der Waals surface area contributed by atoms with E-state index in [1.807, 2.05) is 0 Å². The molecule has 0 saturated carbocycles. The van der Waals surface area contributed by atoms with Gasteiger partial charge in [0, 0.05) is 42.0 Å². The number of fused-ring (bicyclic) bond motifs is 1.